The van der Waals surface area contributed by atoms with Gasteiger partial charge in [-0.1, -0.05) is 42.5 Å². The molecule has 0 bridgehead atoms. The van der Waals surface area contributed by atoms with Crippen LogP contribution in [-0.4, -0.2) is 45.7 Å². The highest BCUT2D eigenvalue weighted by molar-refractivity contribution is 6.04. The van der Waals surface area contributed by atoms with Gasteiger partial charge in [0.05, 0.1) is 5.54 Å². The van der Waals surface area contributed by atoms with E-state index in [0.717, 1.165) is 33.3 Å². The van der Waals surface area contributed by atoms with Crippen molar-refractivity contribution in [2.24, 2.45) is 5.73 Å². The van der Waals surface area contributed by atoms with E-state index in [1.54, 1.807) is 24.8 Å². The first-order valence-corrected chi connectivity index (χ1v) is 13.1. The fraction of sp³-hybridized carbons (Fsp3) is 0.258. The van der Waals surface area contributed by atoms with Crippen molar-refractivity contribution in [2.75, 3.05) is 11.9 Å². The number of hydrogen-bond donors (Lipinski definition) is 4. The van der Waals surface area contributed by atoms with Crippen molar-refractivity contribution < 1.29 is 14.4 Å². The number of amides is 3. The number of aromatic nitrogens is 1. The van der Waals surface area contributed by atoms with E-state index in [-0.39, 0.29) is 17.7 Å². The molecule has 0 aliphatic carbocycles. The number of nitrogens with two attached hydrogens (primary N) is 1. The first kappa shape index (κ1) is 26.2. The number of hydrogen-bond acceptors (Lipinski definition) is 4. The van der Waals surface area contributed by atoms with Gasteiger partial charge in [-0.3, -0.25) is 14.4 Å². The number of carbonyl (C=O) groups excluding carboxylic acids is 3. The molecule has 5 N–H and O–H groups in total. The van der Waals surface area contributed by atoms with Crippen LogP contribution in [-0.2, 0) is 29.0 Å². The maximum absolute atomic E-state index is 13.8. The zero-order valence-corrected chi connectivity index (χ0v) is 22.2. The predicted molar refractivity (Wildman–Crippen MR) is 152 cm³/mol. The Balaban J connectivity index is 1.33. The lowest BCUT2D eigenvalue weighted by Crippen LogP contribution is -2.57. The molecule has 1 aromatic heterocycles. The number of rotatable bonds is 7. The van der Waals surface area contributed by atoms with Crippen LogP contribution in [0.25, 0.3) is 10.9 Å². The highest BCUT2D eigenvalue weighted by Crippen LogP contribution is 2.24. The van der Waals surface area contributed by atoms with Crippen LogP contribution in [0.5, 0.6) is 0 Å². The first-order valence-electron chi connectivity index (χ1n) is 13.1. The minimum atomic E-state index is -1.12. The third-order valence-electron chi connectivity index (χ3n) is 7.11. The summed E-state index contributed by atoms with van der Waals surface area (Å²) in [5, 5.41) is 6.84. The summed E-state index contributed by atoms with van der Waals surface area (Å²) in [4.78, 5) is 44.4. The molecule has 39 heavy (non-hydrogen) atoms. The van der Waals surface area contributed by atoms with Crippen molar-refractivity contribution in [1.29, 1.82) is 0 Å². The van der Waals surface area contributed by atoms with Gasteiger partial charge in [-0.15, -0.1) is 0 Å². The number of nitrogens with zero attached hydrogens (tertiary/aromatic N) is 1. The van der Waals surface area contributed by atoms with Crippen molar-refractivity contribution in [3.8, 4) is 0 Å². The minimum absolute atomic E-state index is 0.158. The topological polar surface area (TPSA) is 120 Å². The second-order valence-electron chi connectivity index (χ2n) is 10.6. The van der Waals surface area contributed by atoms with Gasteiger partial charge in [0.15, 0.2) is 0 Å². The second-order valence-corrected chi connectivity index (χ2v) is 10.6. The summed E-state index contributed by atoms with van der Waals surface area (Å²) >= 11 is 0. The fourth-order valence-electron chi connectivity index (χ4n) is 4.89. The fourth-order valence-corrected chi connectivity index (χ4v) is 4.89. The second kappa shape index (κ2) is 10.7. The van der Waals surface area contributed by atoms with Gasteiger partial charge in [-0.05, 0) is 67.3 Å². The van der Waals surface area contributed by atoms with Gasteiger partial charge in [-0.25, -0.2) is 0 Å². The standard InChI is InChI=1S/C31H33N5O3/c1-31(2,32)30(39)35-27(17-23-18-33-26-11-7-6-10-25(23)26)29(38)36-15-14-20-16-21(12-13-22(20)19-36)28(37)34-24-8-4-3-5-9-24/h3-13,16,18,27,33H,14-15,17,19,32H2,1-2H3,(H,34,37)(H,35,39)/t27-/m1/s1. The van der Waals surface area contributed by atoms with Crippen LogP contribution < -0.4 is 16.4 Å². The van der Waals surface area contributed by atoms with Gasteiger partial charge >= 0.3 is 0 Å². The molecule has 0 unspecified atom stereocenters. The van der Waals surface area contributed by atoms with Gasteiger partial charge < -0.3 is 26.3 Å². The van der Waals surface area contributed by atoms with Crippen LogP contribution in [0.1, 0.15) is 40.9 Å². The van der Waals surface area contributed by atoms with Crippen LogP contribution in [0.3, 0.4) is 0 Å². The van der Waals surface area contributed by atoms with Gasteiger partial charge in [-0.2, -0.15) is 0 Å². The van der Waals surface area contributed by atoms with E-state index in [1.807, 2.05) is 72.9 Å². The molecule has 8 nitrogen and oxygen atoms in total. The molecule has 3 amide bonds. The van der Waals surface area contributed by atoms with Gasteiger partial charge in [0.2, 0.25) is 11.8 Å². The average Bonchev–Trinajstić information content (AvgIpc) is 3.34. The monoisotopic (exact) mass is 523 g/mol. The lowest BCUT2D eigenvalue weighted by molar-refractivity contribution is -0.138. The van der Waals surface area contributed by atoms with E-state index in [9.17, 15) is 14.4 Å². The molecule has 3 aromatic carbocycles. The Labute approximate surface area is 227 Å². The van der Waals surface area contributed by atoms with Crippen LogP contribution in [0.2, 0.25) is 0 Å². The Bertz CT molecular complexity index is 1520. The zero-order valence-electron chi connectivity index (χ0n) is 22.2. The van der Waals surface area contributed by atoms with Crippen LogP contribution in [0, 0.1) is 0 Å². The lowest BCUT2D eigenvalue weighted by atomic mass is 9.95. The van der Waals surface area contributed by atoms with Gasteiger partial charge in [0.25, 0.3) is 5.91 Å². The molecule has 4 aromatic rings. The van der Waals surface area contributed by atoms with E-state index in [2.05, 4.69) is 15.6 Å². The Morgan fingerprint density at radius 1 is 1.00 bits per heavy atom. The van der Waals surface area contributed by atoms with Gasteiger partial charge in [0, 0.05) is 47.9 Å². The summed E-state index contributed by atoms with van der Waals surface area (Å²) in [5.41, 5.74) is 10.2. The number of fused-ring (bicyclic) bond motifs is 2. The number of para-hydroxylation sites is 2. The summed E-state index contributed by atoms with van der Waals surface area (Å²) in [6.45, 7) is 4.14. The van der Waals surface area contributed by atoms with Crippen molar-refractivity contribution in [3.63, 3.8) is 0 Å². The third-order valence-corrected chi connectivity index (χ3v) is 7.11. The van der Waals surface area contributed by atoms with Crippen molar-refractivity contribution in [1.82, 2.24) is 15.2 Å². The normalized spacial score (nSPS) is 14.0. The molecule has 2 heterocycles. The predicted octanol–water partition coefficient (Wildman–Crippen LogP) is 3.77. The molecule has 0 radical (unpaired) electrons. The quantitative estimate of drug-likeness (QED) is 0.295. The van der Waals surface area contributed by atoms with E-state index < -0.39 is 11.6 Å². The number of aromatic amines is 1. The highest BCUT2D eigenvalue weighted by Gasteiger charge is 2.32. The molecular weight excluding hydrogens is 490 g/mol. The molecular formula is C31H33N5O3. The van der Waals surface area contributed by atoms with E-state index >= 15 is 0 Å². The van der Waals surface area contributed by atoms with Crippen LogP contribution >= 0.6 is 0 Å². The Morgan fingerprint density at radius 2 is 1.74 bits per heavy atom. The smallest absolute Gasteiger partial charge is 0.255 e. The maximum atomic E-state index is 13.8. The van der Waals surface area contributed by atoms with Gasteiger partial charge in [0.1, 0.15) is 6.04 Å². The summed E-state index contributed by atoms with van der Waals surface area (Å²) in [6, 6.07) is 22.0. The molecule has 0 fully saturated rings. The number of nitrogens with one attached hydrogen (secondary N) is 3. The number of anilines is 1. The lowest BCUT2D eigenvalue weighted by Gasteiger charge is -2.33. The summed E-state index contributed by atoms with van der Waals surface area (Å²) in [6.07, 6.45) is 2.84. The van der Waals surface area contributed by atoms with E-state index in [0.29, 0.717) is 31.5 Å². The summed E-state index contributed by atoms with van der Waals surface area (Å²) in [5.74, 6) is -0.713. The largest absolute Gasteiger partial charge is 0.361 e. The highest BCUT2D eigenvalue weighted by atomic mass is 16.2. The maximum Gasteiger partial charge on any atom is 0.255 e. The summed E-state index contributed by atoms with van der Waals surface area (Å²) in [7, 11) is 0. The molecule has 200 valence electrons. The first-order chi connectivity index (χ1) is 18.7. The third kappa shape index (κ3) is 5.86. The van der Waals surface area contributed by atoms with E-state index in [4.69, 9.17) is 5.73 Å². The molecule has 0 spiro atoms. The zero-order chi connectivity index (χ0) is 27.6. The Morgan fingerprint density at radius 3 is 2.51 bits per heavy atom. The number of carbonyl (C=O) groups is 3. The molecule has 0 saturated heterocycles. The Hall–Kier alpha value is -4.43. The average molecular weight is 524 g/mol. The molecule has 1 aliphatic rings. The van der Waals surface area contributed by atoms with Crippen LogP contribution in [0.15, 0.2) is 79.0 Å². The molecule has 1 atom stereocenters. The Kier molecular flexibility index (Phi) is 7.21. The summed E-state index contributed by atoms with van der Waals surface area (Å²) < 4.78 is 0. The molecule has 8 heteroatoms. The molecule has 5 rings (SSSR count). The number of H-pyrrole nitrogens is 1. The minimum Gasteiger partial charge on any atom is -0.361 e. The van der Waals surface area contributed by atoms with Crippen molar-refractivity contribution >= 4 is 34.3 Å². The SMILES string of the molecule is CC(C)(N)C(=O)N[C@H](Cc1c[nH]c2ccccc12)C(=O)N1CCc2cc(C(=O)Nc3ccccc3)ccc2C1. The molecule has 0 saturated carbocycles. The van der Waals surface area contributed by atoms with Crippen molar-refractivity contribution in [2.45, 2.75) is 44.8 Å². The van der Waals surface area contributed by atoms with E-state index in [1.165, 1.54) is 0 Å². The number of benzene rings is 3. The molecule has 1 aliphatic heterocycles. The van der Waals surface area contributed by atoms with Crippen molar-refractivity contribution in [3.05, 3.63) is 101 Å². The van der Waals surface area contributed by atoms with Crippen LogP contribution in [0.4, 0.5) is 5.69 Å².